The Hall–Kier alpha value is -0.400. The first kappa shape index (κ1) is 18.4. The van der Waals surface area contributed by atoms with Gasteiger partial charge in [-0.3, -0.25) is 4.79 Å². The Morgan fingerprint density at radius 3 is 2.54 bits per heavy atom. The number of Topliss-reactive ketones (excluding diaryl/α,β-unsaturated/α-hetero) is 1. The van der Waals surface area contributed by atoms with Gasteiger partial charge in [0.15, 0.2) is 0 Å². The number of rotatable bonds is 1. The Kier molecular flexibility index (Phi) is 5.72. The molecular formula is C22H37FO. The minimum Gasteiger partial charge on any atom is -0.300 e. The topological polar surface area (TPSA) is 17.1 Å². The zero-order valence-electron chi connectivity index (χ0n) is 16.0. The number of fused-ring (bicyclic) bond motifs is 4. The largest absolute Gasteiger partial charge is 0.300 e. The molecule has 0 N–H and O–H groups in total. The van der Waals surface area contributed by atoms with Gasteiger partial charge in [0.05, 0.1) is 0 Å². The number of alkyl halides is 1. The van der Waals surface area contributed by atoms with E-state index in [9.17, 15) is 9.18 Å². The van der Waals surface area contributed by atoms with Crippen molar-refractivity contribution < 1.29 is 9.18 Å². The van der Waals surface area contributed by atoms with Crippen molar-refractivity contribution in [3.05, 3.63) is 0 Å². The monoisotopic (exact) mass is 336 g/mol. The molecule has 138 valence electrons. The van der Waals surface area contributed by atoms with E-state index in [4.69, 9.17) is 0 Å². The van der Waals surface area contributed by atoms with E-state index in [0.717, 1.165) is 31.6 Å². The van der Waals surface area contributed by atoms with Crippen LogP contribution in [0.2, 0.25) is 0 Å². The van der Waals surface area contributed by atoms with Crippen LogP contribution in [-0.2, 0) is 4.79 Å². The lowest BCUT2D eigenvalue weighted by atomic mass is 9.66. The molecule has 2 heteroatoms. The summed E-state index contributed by atoms with van der Waals surface area (Å²) >= 11 is 0. The van der Waals surface area contributed by atoms with Crippen LogP contribution in [0.3, 0.4) is 0 Å². The molecule has 0 spiro atoms. The summed E-state index contributed by atoms with van der Waals surface area (Å²) in [5.41, 5.74) is 0.189. The SMILES string of the molecule is CC(=O)[C@H]1CCC2[C@@H]3CC[C@@H](F)C[C@@H](C)CCC[C@@H](CC[C@@]21C)C3. The average molecular weight is 337 g/mol. The molecule has 0 aromatic carbocycles. The number of halogens is 1. The van der Waals surface area contributed by atoms with E-state index in [0.29, 0.717) is 23.5 Å². The average Bonchev–Trinajstić information content (AvgIpc) is 2.77. The van der Waals surface area contributed by atoms with Crippen LogP contribution in [0, 0.1) is 35.0 Å². The molecule has 0 saturated heterocycles. The summed E-state index contributed by atoms with van der Waals surface area (Å²) in [7, 11) is 0. The highest BCUT2D eigenvalue weighted by Gasteiger charge is 2.52. The fraction of sp³-hybridized carbons (Fsp3) is 0.955. The van der Waals surface area contributed by atoms with Crippen molar-refractivity contribution in [2.45, 2.75) is 97.6 Å². The van der Waals surface area contributed by atoms with E-state index < -0.39 is 6.17 Å². The molecule has 3 saturated carbocycles. The lowest BCUT2D eigenvalue weighted by Crippen LogP contribution is -2.35. The summed E-state index contributed by atoms with van der Waals surface area (Å²) in [4.78, 5) is 12.2. The van der Waals surface area contributed by atoms with E-state index in [-0.39, 0.29) is 11.3 Å². The van der Waals surface area contributed by atoms with Crippen LogP contribution in [-0.4, -0.2) is 12.0 Å². The Morgan fingerprint density at radius 1 is 1.00 bits per heavy atom. The molecule has 24 heavy (non-hydrogen) atoms. The predicted molar refractivity (Wildman–Crippen MR) is 97.6 cm³/mol. The molecule has 3 fully saturated rings. The molecular weight excluding hydrogens is 299 g/mol. The maximum atomic E-state index is 14.4. The van der Waals surface area contributed by atoms with Crippen molar-refractivity contribution in [3.63, 3.8) is 0 Å². The summed E-state index contributed by atoms with van der Waals surface area (Å²) in [5.74, 6) is 3.32. The van der Waals surface area contributed by atoms with Gasteiger partial charge in [0.2, 0.25) is 0 Å². The van der Waals surface area contributed by atoms with Crippen molar-refractivity contribution in [2.24, 2.45) is 35.0 Å². The number of carbonyl (C=O) groups is 1. The number of hydrogen-bond acceptors (Lipinski definition) is 1. The lowest BCUT2D eigenvalue weighted by molar-refractivity contribution is -0.124. The van der Waals surface area contributed by atoms with E-state index in [1.807, 2.05) is 0 Å². The standard InChI is InChI=1S/C22H37FO/c1-15-5-4-6-17-11-12-22(3)20(16(2)24)9-10-21(22)18(14-17)7-8-19(23)13-15/h15,17-21H,4-14H2,1-3H3/t15-,17-,18+,19+,20+,21?,22+/m0/s1. The molecule has 0 amide bonds. The van der Waals surface area contributed by atoms with Gasteiger partial charge in [0, 0.05) is 5.92 Å². The van der Waals surface area contributed by atoms with Crippen molar-refractivity contribution in [3.8, 4) is 0 Å². The lowest BCUT2D eigenvalue weighted by Gasteiger charge is -2.38. The molecule has 0 aromatic rings. The van der Waals surface area contributed by atoms with Gasteiger partial charge in [-0.1, -0.05) is 33.1 Å². The van der Waals surface area contributed by atoms with Crippen molar-refractivity contribution in [1.29, 1.82) is 0 Å². The molecule has 0 heterocycles. The third-order valence-corrected chi connectivity index (χ3v) is 8.01. The van der Waals surface area contributed by atoms with Crippen LogP contribution in [0.5, 0.6) is 0 Å². The van der Waals surface area contributed by atoms with Crippen LogP contribution >= 0.6 is 0 Å². The number of ketones is 1. The smallest absolute Gasteiger partial charge is 0.133 e. The molecule has 7 atom stereocenters. The van der Waals surface area contributed by atoms with Gasteiger partial charge in [0.25, 0.3) is 0 Å². The Bertz CT molecular complexity index is 447. The van der Waals surface area contributed by atoms with Gasteiger partial charge < -0.3 is 0 Å². The molecule has 3 aliphatic carbocycles. The Balaban J connectivity index is 1.81. The van der Waals surface area contributed by atoms with Crippen LogP contribution in [0.25, 0.3) is 0 Å². The first-order valence-electron chi connectivity index (χ1n) is 10.5. The summed E-state index contributed by atoms with van der Waals surface area (Å²) in [6, 6.07) is 0. The third-order valence-electron chi connectivity index (χ3n) is 8.01. The van der Waals surface area contributed by atoms with Gasteiger partial charge in [-0.2, -0.15) is 0 Å². The van der Waals surface area contributed by atoms with E-state index in [2.05, 4.69) is 13.8 Å². The normalized spacial score (nSPS) is 47.3. The third kappa shape index (κ3) is 3.73. The zero-order chi connectivity index (χ0) is 17.3. The van der Waals surface area contributed by atoms with Gasteiger partial charge in [-0.15, -0.1) is 0 Å². The summed E-state index contributed by atoms with van der Waals surface area (Å²) < 4.78 is 14.4. The van der Waals surface area contributed by atoms with Crippen LogP contribution in [0.1, 0.15) is 91.4 Å². The molecule has 3 rings (SSSR count). The second kappa shape index (κ2) is 7.46. The molecule has 0 aliphatic heterocycles. The van der Waals surface area contributed by atoms with E-state index in [1.54, 1.807) is 6.92 Å². The maximum absolute atomic E-state index is 14.4. The highest BCUT2D eigenvalue weighted by Crippen LogP contribution is 2.58. The van der Waals surface area contributed by atoms with Gasteiger partial charge in [-0.05, 0) is 87.4 Å². The second-order valence-electron chi connectivity index (χ2n) is 9.70. The van der Waals surface area contributed by atoms with E-state index >= 15 is 0 Å². The summed E-state index contributed by atoms with van der Waals surface area (Å²) in [6.07, 6.45) is 11.8. The second-order valence-corrected chi connectivity index (χ2v) is 9.70. The van der Waals surface area contributed by atoms with Crippen molar-refractivity contribution >= 4 is 5.78 Å². The summed E-state index contributed by atoms with van der Waals surface area (Å²) in [5, 5.41) is 0. The highest BCUT2D eigenvalue weighted by atomic mass is 19.1. The van der Waals surface area contributed by atoms with Crippen LogP contribution in [0.4, 0.5) is 4.39 Å². The zero-order valence-corrected chi connectivity index (χ0v) is 16.0. The van der Waals surface area contributed by atoms with Gasteiger partial charge in [0.1, 0.15) is 12.0 Å². The van der Waals surface area contributed by atoms with Crippen molar-refractivity contribution in [2.75, 3.05) is 0 Å². The van der Waals surface area contributed by atoms with Gasteiger partial charge >= 0.3 is 0 Å². The molecule has 2 bridgehead atoms. The highest BCUT2D eigenvalue weighted by molar-refractivity contribution is 5.79. The minimum atomic E-state index is -0.615. The van der Waals surface area contributed by atoms with Crippen LogP contribution in [0.15, 0.2) is 0 Å². The minimum absolute atomic E-state index is 0.189. The molecule has 1 unspecified atom stereocenters. The number of hydrogen-bond donors (Lipinski definition) is 0. The fourth-order valence-electron chi connectivity index (χ4n) is 6.69. The fourth-order valence-corrected chi connectivity index (χ4v) is 6.69. The van der Waals surface area contributed by atoms with E-state index in [1.165, 1.54) is 44.9 Å². The summed E-state index contributed by atoms with van der Waals surface area (Å²) in [6.45, 7) is 6.42. The molecule has 0 radical (unpaired) electrons. The van der Waals surface area contributed by atoms with Crippen LogP contribution < -0.4 is 0 Å². The molecule has 1 nitrogen and oxygen atoms in total. The molecule has 3 aliphatic rings. The first-order chi connectivity index (χ1) is 11.4. The molecule has 0 aromatic heterocycles. The first-order valence-corrected chi connectivity index (χ1v) is 10.5. The number of carbonyl (C=O) groups excluding carboxylic acids is 1. The Labute approximate surface area is 148 Å². The Morgan fingerprint density at radius 2 is 1.79 bits per heavy atom. The quantitative estimate of drug-likeness (QED) is 0.545. The predicted octanol–water partition coefficient (Wildman–Crippen LogP) is 6.35. The van der Waals surface area contributed by atoms with Crippen molar-refractivity contribution in [1.82, 2.24) is 0 Å². The maximum Gasteiger partial charge on any atom is 0.133 e. The van der Waals surface area contributed by atoms with Gasteiger partial charge in [-0.25, -0.2) is 4.39 Å².